The topological polar surface area (TPSA) is 104 Å². The average molecular weight is 499 g/mol. The Bertz CT molecular complexity index is 1480. The number of nitrogens with zero attached hydrogens (tertiary/aromatic N) is 5. The Hall–Kier alpha value is -4.44. The molecule has 188 valence electrons. The molecule has 2 aliphatic rings. The number of amides is 1. The molecule has 3 heterocycles. The van der Waals surface area contributed by atoms with Crippen molar-refractivity contribution in [1.82, 2.24) is 25.1 Å². The zero-order chi connectivity index (χ0) is 25.5. The van der Waals surface area contributed by atoms with Gasteiger partial charge < -0.3 is 19.5 Å². The van der Waals surface area contributed by atoms with Crippen LogP contribution in [0.25, 0.3) is 5.69 Å². The first-order chi connectivity index (χ1) is 18.0. The number of carbonyl (C=O) groups is 1. The van der Waals surface area contributed by atoms with Gasteiger partial charge in [-0.05, 0) is 84.4 Å². The minimum absolute atomic E-state index is 0.163. The third kappa shape index (κ3) is 4.05. The van der Waals surface area contributed by atoms with Crippen LogP contribution in [0, 0.1) is 6.92 Å². The van der Waals surface area contributed by atoms with Gasteiger partial charge in [-0.1, -0.05) is 12.1 Å². The van der Waals surface area contributed by atoms with Gasteiger partial charge in [0.2, 0.25) is 12.5 Å². The molecule has 10 nitrogen and oxygen atoms in total. The smallest absolute Gasteiger partial charge is 0.255 e. The summed E-state index contributed by atoms with van der Waals surface area (Å²) in [4.78, 5) is 15.0. The van der Waals surface area contributed by atoms with E-state index >= 15 is 0 Å². The van der Waals surface area contributed by atoms with E-state index in [1.165, 1.54) is 0 Å². The van der Waals surface area contributed by atoms with Crippen molar-refractivity contribution in [1.29, 1.82) is 0 Å². The highest BCUT2D eigenvalue weighted by Crippen LogP contribution is 2.50. The van der Waals surface area contributed by atoms with Gasteiger partial charge in [-0.3, -0.25) is 9.69 Å². The molecule has 1 atom stereocenters. The third-order valence-corrected chi connectivity index (χ3v) is 6.78. The highest BCUT2D eigenvalue weighted by molar-refractivity contribution is 6.04. The molecule has 4 aromatic rings. The summed E-state index contributed by atoms with van der Waals surface area (Å²) in [6.45, 7) is 2.96. The van der Waals surface area contributed by atoms with Gasteiger partial charge in [-0.15, -0.1) is 5.10 Å². The molecule has 10 heteroatoms. The van der Waals surface area contributed by atoms with Crippen LogP contribution >= 0.6 is 0 Å². The molecule has 1 unspecified atom stereocenters. The first-order valence-corrected chi connectivity index (χ1v) is 12.0. The number of hydrogen-bond donors (Lipinski definition) is 1. The van der Waals surface area contributed by atoms with Crippen molar-refractivity contribution in [2.45, 2.75) is 19.4 Å². The summed E-state index contributed by atoms with van der Waals surface area (Å²) in [7, 11) is 3.67. The van der Waals surface area contributed by atoms with E-state index < -0.39 is 0 Å². The number of rotatable bonds is 5. The maximum atomic E-state index is 12.8. The molecular weight excluding hydrogens is 472 g/mol. The Kier molecular flexibility index (Phi) is 5.72. The van der Waals surface area contributed by atoms with Gasteiger partial charge >= 0.3 is 0 Å². The van der Waals surface area contributed by atoms with E-state index in [2.05, 4.69) is 25.7 Å². The first kappa shape index (κ1) is 23.0. The largest absolute Gasteiger partial charge is 0.492 e. The predicted molar refractivity (Wildman–Crippen MR) is 136 cm³/mol. The monoisotopic (exact) mass is 498 g/mol. The number of likely N-dealkylation sites (N-methyl/N-ethyl adjacent to an activating group) is 1. The summed E-state index contributed by atoms with van der Waals surface area (Å²) >= 11 is 0. The zero-order valence-corrected chi connectivity index (χ0v) is 20.8. The van der Waals surface area contributed by atoms with Gasteiger partial charge in [-0.25, -0.2) is 0 Å². The van der Waals surface area contributed by atoms with Crippen LogP contribution in [0.2, 0.25) is 0 Å². The molecule has 37 heavy (non-hydrogen) atoms. The minimum Gasteiger partial charge on any atom is -0.492 e. The van der Waals surface area contributed by atoms with Gasteiger partial charge in [0, 0.05) is 23.4 Å². The van der Waals surface area contributed by atoms with E-state index in [0.29, 0.717) is 28.6 Å². The number of fused-ring (bicyclic) bond motifs is 2. The summed E-state index contributed by atoms with van der Waals surface area (Å²) in [6.07, 6.45) is 0.835. The van der Waals surface area contributed by atoms with Crippen LogP contribution in [0.4, 0.5) is 5.69 Å². The maximum absolute atomic E-state index is 12.8. The summed E-state index contributed by atoms with van der Waals surface area (Å²) in [5.41, 5.74) is 5.19. The van der Waals surface area contributed by atoms with Crippen LogP contribution in [-0.2, 0) is 6.42 Å². The molecule has 0 radical (unpaired) electrons. The number of benzene rings is 3. The highest BCUT2D eigenvalue weighted by atomic mass is 16.7. The van der Waals surface area contributed by atoms with Gasteiger partial charge in [-0.2, -0.15) is 4.68 Å². The van der Waals surface area contributed by atoms with Gasteiger partial charge in [0.05, 0.1) is 12.8 Å². The lowest BCUT2D eigenvalue weighted by atomic mass is 9.90. The Morgan fingerprint density at radius 3 is 2.76 bits per heavy atom. The lowest BCUT2D eigenvalue weighted by Crippen LogP contribution is -2.35. The molecule has 3 aromatic carbocycles. The number of carbonyl (C=O) groups excluding carboxylic acids is 1. The summed E-state index contributed by atoms with van der Waals surface area (Å²) in [5, 5.41) is 15.6. The number of ether oxygens (including phenoxy) is 3. The summed E-state index contributed by atoms with van der Waals surface area (Å²) in [5.74, 6) is 2.38. The van der Waals surface area contributed by atoms with Gasteiger partial charge in [0.1, 0.15) is 6.04 Å². The second-order valence-corrected chi connectivity index (χ2v) is 9.17. The standard InChI is InChI=1S/C27H26N6O4/c1-16-5-4-6-19(13-16)28-27(34)17-7-9-20(10-8-17)33-26(29-30-31-33)23-22-18(11-12-32(23)2)14-21-24(25(22)35-3)37-15-36-21/h4-10,13-14,23H,11-12,15H2,1-3H3,(H,28,34). The molecule has 0 aliphatic carbocycles. The van der Waals surface area contributed by atoms with Crippen LogP contribution in [0.1, 0.15) is 38.9 Å². The molecule has 6 rings (SSSR count). The van der Waals surface area contributed by atoms with Crippen LogP contribution in [0.5, 0.6) is 17.2 Å². The fraction of sp³-hybridized carbons (Fsp3) is 0.259. The Morgan fingerprint density at radius 2 is 1.97 bits per heavy atom. The Labute approximate surface area is 213 Å². The number of methoxy groups -OCH3 is 1. The van der Waals surface area contributed by atoms with Crippen LogP contribution < -0.4 is 19.5 Å². The van der Waals surface area contributed by atoms with Crippen molar-refractivity contribution < 1.29 is 19.0 Å². The van der Waals surface area contributed by atoms with Gasteiger partial charge in [0.25, 0.3) is 5.91 Å². The quantitative estimate of drug-likeness (QED) is 0.446. The van der Waals surface area contributed by atoms with Crippen molar-refractivity contribution in [3.8, 4) is 22.9 Å². The van der Waals surface area contributed by atoms with E-state index in [0.717, 1.165) is 41.0 Å². The molecule has 2 aliphatic heterocycles. The molecule has 0 saturated carbocycles. The van der Waals surface area contributed by atoms with Crippen molar-refractivity contribution in [3.63, 3.8) is 0 Å². The van der Waals surface area contributed by atoms with E-state index in [-0.39, 0.29) is 18.7 Å². The number of aryl methyl sites for hydroxylation is 1. The maximum Gasteiger partial charge on any atom is 0.255 e. The molecule has 0 saturated heterocycles. The lowest BCUT2D eigenvalue weighted by Gasteiger charge is -2.34. The van der Waals surface area contributed by atoms with E-state index in [9.17, 15) is 4.79 Å². The first-order valence-electron chi connectivity index (χ1n) is 12.0. The van der Waals surface area contributed by atoms with E-state index in [1.54, 1.807) is 23.9 Å². The second-order valence-electron chi connectivity index (χ2n) is 9.17. The van der Waals surface area contributed by atoms with Crippen LogP contribution in [-0.4, -0.2) is 58.5 Å². The van der Waals surface area contributed by atoms with Crippen molar-refractivity contribution in [2.24, 2.45) is 0 Å². The number of anilines is 1. The molecule has 0 spiro atoms. The number of aromatic nitrogens is 4. The van der Waals surface area contributed by atoms with Crippen LogP contribution in [0.15, 0.2) is 54.6 Å². The number of nitrogens with one attached hydrogen (secondary N) is 1. The Balaban J connectivity index is 1.33. The zero-order valence-electron chi connectivity index (χ0n) is 20.8. The van der Waals surface area contributed by atoms with Crippen molar-refractivity contribution in [2.75, 3.05) is 32.8 Å². The molecule has 1 N–H and O–H groups in total. The SMILES string of the molecule is COc1c2c(cc3c1C(c1nnnn1-c1ccc(C(=O)Nc4cccc(C)c4)cc1)N(C)CC3)OCO2. The Morgan fingerprint density at radius 1 is 1.14 bits per heavy atom. The molecule has 0 fully saturated rings. The molecule has 0 bridgehead atoms. The highest BCUT2D eigenvalue weighted by Gasteiger charge is 2.37. The van der Waals surface area contributed by atoms with E-state index in [1.807, 2.05) is 56.4 Å². The fourth-order valence-electron chi connectivity index (χ4n) is 4.99. The predicted octanol–water partition coefficient (Wildman–Crippen LogP) is 3.54. The number of hydrogen-bond acceptors (Lipinski definition) is 8. The van der Waals surface area contributed by atoms with Crippen LogP contribution in [0.3, 0.4) is 0 Å². The van der Waals surface area contributed by atoms with E-state index in [4.69, 9.17) is 14.2 Å². The fourth-order valence-corrected chi connectivity index (χ4v) is 4.99. The van der Waals surface area contributed by atoms with Crippen molar-refractivity contribution >= 4 is 11.6 Å². The second kappa shape index (κ2) is 9.21. The lowest BCUT2D eigenvalue weighted by molar-refractivity contribution is 0.102. The van der Waals surface area contributed by atoms with Crippen molar-refractivity contribution in [3.05, 3.63) is 82.7 Å². The molecule has 1 aromatic heterocycles. The molecule has 1 amide bonds. The molecular formula is C27H26N6O4. The third-order valence-electron chi connectivity index (χ3n) is 6.78. The average Bonchev–Trinajstić information content (AvgIpc) is 3.57. The summed E-state index contributed by atoms with van der Waals surface area (Å²) < 4.78 is 18.9. The normalized spacial score (nSPS) is 16.4. The van der Waals surface area contributed by atoms with Gasteiger partial charge in [0.15, 0.2) is 17.3 Å². The number of tetrazole rings is 1. The minimum atomic E-state index is -0.271. The summed E-state index contributed by atoms with van der Waals surface area (Å²) in [6, 6.07) is 16.7.